The van der Waals surface area contributed by atoms with Gasteiger partial charge in [0.15, 0.2) is 0 Å². The molecule has 3 aromatic carbocycles. The number of methoxy groups -OCH3 is 1. The number of carbonyl (C=O) groups is 2. The van der Waals surface area contributed by atoms with Crippen LogP contribution in [0.2, 0.25) is 0 Å². The number of aromatic nitrogens is 2. The monoisotopic (exact) mass is 466 g/mol. The number of hydrogen-bond acceptors (Lipinski definition) is 4. The SMILES string of the molecule is COc1cccc(-c2nn(-c3ccccc3)cc2C(=O)NCc2ccc(N3CCCC3=O)cc2)c1. The Morgan fingerprint density at radius 3 is 2.51 bits per heavy atom. The van der Waals surface area contributed by atoms with Gasteiger partial charge in [0, 0.05) is 37.0 Å². The lowest BCUT2D eigenvalue weighted by atomic mass is 10.1. The molecule has 0 bridgehead atoms. The Bertz CT molecular complexity index is 1350. The zero-order valence-corrected chi connectivity index (χ0v) is 19.5. The van der Waals surface area contributed by atoms with Gasteiger partial charge in [-0.15, -0.1) is 0 Å². The molecule has 1 saturated heterocycles. The fourth-order valence-corrected chi connectivity index (χ4v) is 4.23. The van der Waals surface area contributed by atoms with Crippen LogP contribution in [0.25, 0.3) is 16.9 Å². The highest BCUT2D eigenvalue weighted by atomic mass is 16.5. The summed E-state index contributed by atoms with van der Waals surface area (Å²) in [5.41, 5.74) is 4.56. The summed E-state index contributed by atoms with van der Waals surface area (Å²) in [5.74, 6) is 0.634. The highest BCUT2D eigenvalue weighted by Gasteiger charge is 2.22. The predicted molar refractivity (Wildman–Crippen MR) is 135 cm³/mol. The van der Waals surface area contributed by atoms with E-state index in [9.17, 15) is 9.59 Å². The first-order valence-electron chi connectivity index (χ1n) is 11.6. The minimum Gasteiger partial charge on any atom is -0.497 e. The molecule has 0 radical (unpaired) electrons. The molecule has 0 spiro atoms. The molecule has 176 valence electrons. The van der Waals surface area contributed by atoms with E-state index in [-0.39, 0.29) is 11.8 Å². The van der Waals surface area contributed by atoms with Gasteiger partial charge < -0.3 is 15.0 Å². The third-order valence-electron chi connectivity index (χ3n) is 6.10. The van der Waals surface area contributed by atoms with Gasteiger partial charge in [0.25, 0.3) is 5.91 Å². The molecule has 0 saturated carbocycles. The van der Waals surface area contributed by atoms with E-state index >= 15 is 0 Å². The van der Waals surface area contributed by atoms with Gasteiger partial charge in [-0.2, -0.15) is 5.10 Å². The van der Waals surface area contributed by atoms with Crippen LogP contribution in [0, 0.1) is 0 Å². The molecule has 35 heavy (non-hydrogen) atoms. The van der Waals surface area contributed by atoms with E-state index < -0.39 is 0 Å². The second-order valence-electron chi connectivity index (χ2n) is 8.40. The van der Waals surface area contributed by atoms with Gasteiger partial charge in [-0.25, -0.2) is 4.68 Å². The van der Waals surface area contributed by atoms with Crippen LogP contribution in [0.4, 0.5) is 5.69 Å². The highest BCUT2D eigenvalue weighted by Crippen LogP contribution is 2.27. The normalized spacial score (nSPS) is 13.2. The average Bonchev–Trinajstić information content (AvgIpc) is 3.55. The lowest BCUT2D eigenvalue weighted by Gasteiger charge is -2.16. The number of rotatable bonds is 7. The molecular weight excluding hydrogens is 440 g/mol. The van der Waals surface area contributed by atoms with Gasteiger partial charge in [-0.05, 0) is 48.4 Å². The molecule has 1 aliphatic rings. The third kappa shape index (κ3) is 4.80. The molecule has 1 N–H and O–H groups in total. The Morgan fingerprint density at radius 2 is 1.80 bits per heavy atom. The average molecular weight is 467 g/mol. The molecular formula is C28H26N4O3. The lowest BCUT2D eigenvalue weighted by Crippen LogP contribution is -2.24. The van der Waals surface area contributed by atoms with Crippen molar-refractivity contribution in [3.63, 3.8) is 0 Å². The molecule has 1 fully saturated rings. The van der Waals surface area contributed by atoms with Gasteiger partial charge in [0.1, 0.15) is 11.4 Å². The van der Waals surface area contributed by atoms with Crippen molar-refractivity contribution in [1.82, 2.24) is 15.1 Å². The molecule has 2 heterocycles. The van der Waals surface area contributed by atoms with Crippen LogP contribution < -0.4 is 15.0 Å². The summed E-state index contributed by atoms with van der Waals surface area (Å²) in [7, 11) is 1.61. The molecule has 5 rings (SSSR count). The van der Waals surface area contributed by atoms with E-state index in [0.717, 1.165) is 35.5 Å². The number of para-hydroxylation sites is 1. The Morgan fingerprint density at radius 1 is 1.00 bits per heavy atom. The first kappa shape index (κ1) is 22.4. The standard InChI is InChI=1S/C28H26N4O3/c1-35-24-10-5-7-21(17-24)27-25(19-32(30-27)23-8-3-2-4-9-23)28(34)29-18-20-12-14-22(15-13-20)31-16-6-11-26(31)33/h2-5,7-10,12-15,17,19H,6,11,16,18H2,1H3,(H,29,34). The Balaban J connectivity index is 1.38. The number of nitrogens with zero attached hydrogens (tertiary/aromatic N) is 3. The number of carbonyl (C=O) groups excluding carboxylic acids is 2. The number of anilines is 1. The van der Waals surface area contributed by atoms with E-state index in [1.165, 1.54) is 0 Å². The van der Waals surface area contributed by atoms with Crippen molar-refractivity contribution in [3.05, 3.63) is 96.2 Å². The van der Waals surface area contributed by atoms with Crippen LogP contribution in [0.15, 0.2) is 85.1 Å². The molecule has 4 aromatic rings. The van der Waals surface area contributed by atoms with Crippen molar-refractivity contribution in [2.45, 2.75) is 19.4 Å². The number of ether oxygens (including phenoxy) is 1. The topological polar surface area (TPSA) is 76.5 Å². The smallest absolute Gasteiger partial charge is 0.255 e. The van der Waals surface area contributed by atoms with E-state index in [1.54, 1.807) is 22.9 Å². The number of hydrogen-bond donors (Lipinski definition) is 1. The second kappa shape index (κ2) is 9.85. The largest absolute Gasteiger partial charge is 0.497 e. The van der Waals surface area contributed by atoms with E-state index in [4.69, 9.17) is 9.84 Å². The third-order valence-corrected chi connectivity index (χ3v) is 6.10. The summed E-state index contributed by atoms with van der Waals surface area (Å²) < 4.78 is 7.08. The molecule has 0 aliphatic carbocycles. The maximum absolute atomic E-state index is 13.3. The zero-order valence-electron chi connectivity index (χ0n) is 19.5. The van der Waals surface area contributed by atoms with E-state index in [0.29, 0.717) is 30.0 Å². The van der Waals surface area contributed by atoms with Crippen LogP contribution in [0.5, 0.6) is 5.75 Å². The van der Waals surface area contributed by atoms with Gasteiger partial charge in [-0.3, -0.25) is 9.59 Å². The van der Waals surface area contributed by atoms with Crippen LogP contribution in [0.1, 0.15) is 28.8 Å². The molecule has 0 unspecified atom stereocenters. The molecule has 7 nitrogen and oxygen atoms in total. The molecule has 1 aromatic heterocycles. The molecule has 0 atom stereocenters. The van der Waals surface area contributed by atoms with Crippen LogP contribution in [-0.4, -0.2) is 35.2 Å². The van der Waals surface area contributed by atoms with Crippen LogP contribution in [0.3, 0.4) is 0 Å². The van der Waals surface area contributed by atoms with Crippen molar-refractivity contribution in [2.75, 3.05) is 18.6 Å². The zero-order chi connectivity index (χ0) is 24.2. The Labute approximate surface area is 204 Å². The lowest BCUT2D eigenvalue weighted by molar-refractivity contribution is -0.117. The van der Waals surface area contributed by atoms with Crippen molar-refractivity contribution < 1.29 is 14.3 Å². The molecule has 2 amide bonds. The minimum absolute atomic E-state index is 0.159. The van der Waals surface area contributed by atoms with Gasteiger partial charge in [0.05, 0.1) is 18.4 Å². The number of benzene rings is 3. The molecule has 7 heteroatoms. The first-order chi connectivity index (χ1) is 17.1. The predicted octanol–water partition coefficient (Wildman–Crippen LogP) is 4.60. The van der Waals surface area contributed by atoms with Gasteiger partial charge in [0.2, 0.25) is 5.91 Å². The van der Waals surface area contributed by atoms with Crippen LogP contribution >= 0.6 is 0 Å². The highest BCUT2D eigenvalue weighted by molar-refractivity contribution is 6.00. The second-order valence-corrected chi connectivity index (χ2v) is 8.40. The summed E-state index contributed by atoms with van der Waals surface area (Å²) in [5, 5.41) is 7.74. The fraction of sp³-hybridized carbons (Fsp3) is 0.179. The van der Waals surface area contributed by atoms with E-state index in [2.05, 4.69) is 5.32 Å². The van der Waals surface area contributed by atoms with Crippen molar-refractivity contribution in [2.24, 2.45) is 0 Å². The maximum Gasteiger partial charge on any atom is 0.255 e. The van der Waals surface area contributed by atoms with Gasteiger partial charge >= 0.3 is 0 Å². The Kier molecular flexibility index (Phi) is 6.30. The Hall–Kier alpha value is -4.39. The minimum atomic E-state index is -0.219. The summed E-state index contributed by atoms with van der Waals surface area (Å²) in [6.45, 7) is 1.12. The van der Waals surface area contributed by atoms with Crippen LogP contribution in [-0.2, 0) is 11.3 Å². The maximum atomic E-state index is 13.3. The number of amides is 2. The van der Waals surface area contributed by atoms with Crippen molar-refractivity contribution >= 4 is 17.5 Å². The van der Waals surface area contributed by atoms with Crippen molar-refractivity contribution in [1.29, 1.82) is 0 Å². The summed E-state index contributed by atoms with van der Waals surface area (Å²) in [6.07, 6.45) is 3.24. The number of nitrogens with one attached hydrogen (secondary N) is 1. The molecule has 1 aliphatic heterocycles. The fourth-order valence-electron chi connectivity index (χ4n) is 4.23. The summed E-state index contributed by atoms with van der Waals surface area (Å²) in [4.78, 5) is 27.1. The van der Waals surface area contributed by atoms with Gasteiger partial charge in [-0.1, -0.05) is 42.5 Å². The first-order valence-corrected chi connectivity index (χ1v) is 11.6. The summed E-state index contributed by atoms with van der Waals surface area (Å²) >= 11 is 0. The van der Waals surface area contributed by atoms with E-state index in [1.807, 2.05) is 78.9 Å². The quantitative estimate of drug-likeness (QED) is 0.432. The van der Waals surface area contributed by atoms with Crippen molar-refractivity contribution in [3.8, 4) is 22.7 Å². The summed E-state index contributed by atoms with van der Waals surface area (Å²) in [6, 6.07) is 24.9.